The van der Waals surface area contributed by atoms with Gasteiger partial charge in [-0.05, 0) is 43.7 Å². The van der Waals surface area contributed by atoms with E-state index in [1.807, 2.05) is 0 Å². The second-order valence-electron chi connectivity index (χ2n) is 6.34. The molecule has 1 unspecified atom stereocenters. The van der Waals surface area contributed by atoms with Crippen LogP contribution < -0.4 is 10.3 Å². The van der Waals surface area contributed by atoms with Gasteiger partial charge in [0.2, 0.25) is 11.7 Å². The lowest BCUT2D eigenvalue weighted by Gasteiger charge is -2.18. The maximum atomic E-state index is 13.8. The summed E-state index contributed by atoms with van der Waals surface area (Å²) in [5.74, 6) is -1.74. The molecular weight excluding hydrogens is 379 g/mol. The van der Waals surface area contributed by atoms with E-state index in [4.69, 9.17) is 9.15 Å². The number of ketones is 1. The van der Waals surface area contributed by atoms with Crippen LogP contribution in [0, 0.1) is 24.1 Å². The zero-order valence-corrected chi connectivity index (χ0v) is 15.7. The van der Waals surface area contributed by atoms with E-state index in [1.165, 1.54) is 38.3 Å². The van der Waals surface area contributed by atoms with Crippen molar-refractivity contribution in [3.63, 3.8) is 0 Å². The molecule has 29 heavy (non-hydrogen) atoms. The van der Waals surface area contributed by atoms with Crippen LogP contribution in [0.3, 0.4) is 0 Å². The number of rotatable bonds is 6. The maximum absolute atomic E-state index is 13.8. The fourth-order valence-corrected chi connectivity index (χ4v) is 2.94. The van der Waals surface area contributed by atoms with E-state index in [0.29, 0.717) is 5.76 Å². The molecule has 2 aromatic heterocycles. The smallest absolute Gasteiger partial charge is 0.271 e. The number of nitrogens with zero attached hydrogens (tertiary/aromatic N) is 2. The number of carbonyl (C=O) groups is 1. The molecule has 1 aromatic carbocycles. The van der Waals surface area contributed by atoms with Crippen molar-refractivity contribution in [1.29, 1.82) is 5.26 Å². The topological polar surface area (TPSA) is 105 Å². The zero-order chi connectivity index (χ0) is 21.1. The van der Waals surface area contributed by atoms with Gasteiger partial charge in [0.05, 0.1) is 18.4 Å². The van der Waals surface area contributed by atoms with Gasteiger partial charge < -0.3 is 14.3 Å². The Morgan fingerprint density at radius 1 is 1.34 bits per heavy atom. The summed E-state index contributed by atoms with van der Waals surface area (Å²) in [5.41, 5.74) is -1.25. The number of Topliss-reactive ketones (excluding diaryl/α,β-unsaturated/α-hetero) is 1. The lowest BCUT2D eigenvalue weighted by molar-refractivity contribution is 0.0806. The minimum absolute atomic E-state index is 0.0275. The van der Waals surface area contributed by atoms with Gasteiger partial charge in [0, 0.05) is 0 Å². The molecule has 3 rings (SSSR count). The highest BCUT2D eigenvalue weighted by Gasteiger charge is 2.28. The second-order valence-corrected chi connectivity index (χ2v) is 6.34. The third-order valence-electron chi connectivity index (χ3n) is 4.45. The highest BCUT2D eigenvalue weighted by Crippen LogP contribution is 2.26. The van der Waals surface area contributed by atoms with Gasteiger partial charge in [0.15, 0.2) is 17.7 Å². The molecule has 1 atom stereocenters. The summed E-state index contributed by atoms with van der Waals surface area (Å²) >= 11 is 0. The Morgan fingerprint density at radius 2 is 2.07 bits per heavy atom. The molecular formula is C21H17FN2O5. The Kier molecular flexibility index (Phi) is 5.50. The largest absolute Gasteiger partial charge is 0.494 e. The average Bonchev–Trinajstić information content (AvgIpc) is 3.20. The molecule has 1 N–H and O–H groups in total. The van der Waals surface area contributed by atoms with Gasteiger partial charge in [-0.25, -0.2) is 4.39 Å². The van der Waals surface area contributed by atoms with Crippen LogP contribution in [0.2, 0.25) is 0 Å². The van der Waals surface area contributed by atoms with Gasteiger partial charge in [-0.15, -0.1) is 0 Å². The Morgan fingerprint density at radius 3 is 2.69 bits per heavy atom. The van der Waals surface area contributed by atoms with Crippen molar-refractivity contribution in [2.24, 2.45) is 0 Å². The first-order valence-corrected chi connectivity index (χ1v) is 8.69. The van der Waals surface area contributed by atoms with E-state index >= 15 is 0 Å². The molecule has 0 saturated carbocycles. The SMILES string of the molecule is Cc1c(C(=O)C(C)Oc2ccccc2F)c(O)n(Cc2ccco2)c(=O)c1C#N. The third kappa shape index (κ3) is 3.75. The summed E-state index contributed by atoms with van der Waals surface area (Å²) < 4.78 is 25.3. The number of pyridine rings is 1. The van der Waals surface area contributed by atoms with Gasteiger partial charge in [0.1, 0.15) is 17.4 Å². The molecule has 2 heterocycles. The van der Waals surface area contributed by atoms with Crippen LogP contribution in [0.1, 0.15) is 34.2 Å². The van der Waals surface area contributed by atoms with Crippen molar-refractivity contribution in [2.75, 3.05) is 0 Å². The quantitative estimate of drug-likeness (QED) is 0.642. The molecule has 7 nitrogen and oxygen atoms in total. The first-order valence-electron chi connectivity index (χ1n) is 8.69. The predicted molar refractivity (Wildman–Crippen MR) is 100 cm³/mol. The fraction of sp³-hybridized carbons (Fsp3) is 0.190. The van der Waals surface area contributed by atoms with E-state index < -0.39 is 29.1 Å². The van der Waals surface area contributed by atoms with Crippen LogP contribution in [0.25, 0.3) is 0 Å². The highest BCUT2D eigenvalue weighted by molar-refractivity contribution is 6.03. The van der Waals surface area contributed by atoms with Gasteiger partial charge in [0.25, 0.3) is 5.56 Å². The number of para-hydroxylation sites is 1. The number of benzene rings is 1. The van der Waals surface area contributed by atoms with Gasteiger partial charge in [-0.1, -0.05) is 12.1 Å². The normalized spacial score (nSPS) is 11.7. The number of furan rings is 1. The summed E-state index contributed by atoms with van der Waals surface area (Å²) in [6.07, 6.45) is 0.213. The number of hydrogen-bond acceptors (Lipinski definition) is 6. The van der Waals surface area contributed by atoms with Crippen molar-refractivity contribution in [2.45, 2.75) is 26.5 Å². The molecule has 0 aliphatic heterocycles. The van der Waals surface area contributed by atoms with Crippen LogP contribution >= 0.6 is 0 Å². The van der Waals surface area contributed by atoms with E-state index in [0.717, 1.165) is 4.57 Å². The number of nitriles is 1. The standard InChI is InChI=1S/C21H17FN2O5/c1-12-15(10-23)20(26)24(11-14-6-5-9-28-14)21(27)18(12)19(25)13(2)29-17-8-4-3-7-16(17)22/h3-9,13,27H,11H2,1-2H3. The fourth-order valence-electron chi connectivity index (χ4n) is 2.94. The summed E-state index contributed by atoms with van der Waals surface area (Å²) in [7, 11) is 0. The van der Waals surface area contributed by atoms with Crippen molar-refractivity contribution in [3.05, 3.63) is 81.3 Å². The molecule has 0 fully saturated rings. The molecule has 0 spiro atoms. The van der Waals surface area contributed by atoms with Gasteiger partial charge in [-0.2, -0.15) is 5.26 Å². The molecule has 0 bridgehead atoms. The minimum Gasteiger partial charge on any atom is -0.494 e. The number of carbonyl (C=O) groups excluding carboxylic acids is 1. The van der Waals surface area contributed by atoms with Gasteiger partial charge in [-0.3, -0.25) is 14.2 Å². The number of halogens is 1. The first kappa shape index (κ1) is 19.9. The monoisotopic (exact) mass is 396 g/mol. The molecule has 0 amide bonds. The van der Waals surface area contributed by atoms with E-state index in [1.54, 1.807) is 24.3 Å². The number of ether oxygens (including phenoxy) is 1. The Hall–Kier alpha value is -3.86. The lowest BCUT2D eigenvalue weighted by Crippen LogP contribution is -2.31. The molecule has 0 radical (unpaired) electrons. The van der Waals surface area contributed by atoms with E-state index in [2.05, 4.69) is 0 Å². The third-order valence-corrected chi connectivity index (χ3v) is 4.45. The van der Waals surface area contributed by atoms with Gasteiger partial charge >= 0.3 is 0 Å². The predicted octanol–water partition coefficient (Wildman–Crippen LogP) is 3.16. The van der Waals surface area contributed by atoms with Crippen LogP contribution in [0.4, 0.5) is 4.39 Å². The highest BCUT2D eigenvalue weighted by atomic mass is 19.1. The van der Waals surface area contributed by atoms with Crippen LogP contribution in [-0.2, 0) is 6.54 Å². The maximum Gasteiger partial charge on any atom is 0.271 e. The van der Waals surface area contributed by atoms with Crippen molar-refractivity contribution in [3.8, 4) is 17.7 Å². The summed E-state index contributed by atoms with van der Waals surface area (Å²) in [4.78, 5) is 25.6. The van der Waals surface area contributed by atoms with Crippen molar-refractivity contribution in [1.82, 2.24) is 4.57 Å². The molecule has 0 aliphatic rings. The molecule has 0 saturated heterocycles. The molecule has 8 heteroatoms. The minimum atomic E-state index is -1.18. The van der Waals surface area contributed by atoms with Crippen LogP contribution in [0.15, 0.2) is 51.9 Å². The van der Waals surface area contributed by atoms with E-state index in [9.17, 15) is 24.3 Å². The summed E-state index contributed by atoms with van der Waals surface area (Å²) in [6, 6.07) is 10.6. The molecule has 3 aromatic rings. The lowest BCUT2D eigenvalue weighted by atomic mass is 9.99. The second kappa shape index (κ2) is 8.02. The van der Waals surface area contributed by atoms with E-state index in [-0.39, 0.29) is 29.0 Å². The van der Waals surface area contributed by atoms with Crippen LogP contribution in [-0.4, -0.2) is 21.6 Å². The Balaban J connectivity index is 2.06. The first-order chi connectivity index (χ1) is 13.8. The Labute approximate surface area is 165 Å². The number of aromatic nitrogens is 1. The number of aromatic hydroxyl groups is 1. The molecule has 0 aliphatic carbocycles. The molecule has 148 valence electrons. The average molecular weight is 396 g/mol. The Bertz CT molecular complexity index is 1160. The van der Waals surface area contributed by atoms with Crippen molar-refractivity contribution >= 4 is 5.78 Å². The summed E-state index contributed by atoms with van der Waals surface area (Å²) in [6.45, 7) is 2.61. The number of hydrogen-bond donors (Lipinski definition) is 1. The zero-order valence-electron chi connectivity index (χ0n) is 15.7. The summed E-state index contributed by atoms with van der Waals surface area (Å²) in [5, 5.41) is 20.1. The van der Waals surface area contributed by atoms with Crippen molar-refractivity contribution < 1.29 is 23.4 Å². The van der Waals surface area contributed by atoms with Crippen LogP contribution in [0.5, 0.6) is 11.6 Å².